The van der Waals surface area contributed by atoms with Gasteiger partial charge in [0.2, 0.25) is 0 Å². The highest BCUT2D eigenvalue weighted by Crippen LogP contribution is 2.27. The van der Waals surface area contributed by atoms with Gasteiger partial charge >= 0.3 is 0 Å². The lowest BCUT2D eigenvalue weighted by molar-refractivity contribution is 1.07. The van der Waals surface area contributed by atoms with Gasteiger partial charge in [0.25, 0.3) is 11.1 Å². The van der Waals surface area contributed by atoms with E-state index in [9.17, 15) is 9.59 Å². The van der Waals surface area contributed by atoms with Crippen LogP contribution in [0.1, 0.15) is 18.1 Å². The zero-order valence-electron chi connectivity index (χ0n) is 13.7. The maximum atomic E-state index is 12.7. The smallest absolute Gasteiger partial charge is 0.271 e. The number of hydrogen-bond acceptors (Lipinski definition) is 4. The molecular formula is C19H17N3O2S. The Balaban J connectivity index is 2.03. The molecule has 0 aliphatic rings. The fourth-order valence-electron chi connectivity index (χ4n) is 3.21. The van der Waals surface area contributed by atoms with Gasteiger partial charge in [0, 0.05) is 12.7 Å². The largest absolute Gasteiger partial charge is 0.326 e. The summed E-state index contributed by atoms with van der Waals surface area (Å²) in [4.78, 5) is 24.7. The lowest BCUT2D eigenvalue weighted by atomic mass is 10.0. The third-order valence-corrected chi connectivity index (χ3v) is 5.49. The number of hydrogen-bond donors (Lipinski definition) is 2. The van der Waals surface area contributed by atoms with Crippen LogP contribution >= 0.6 is 11.5 Å². The van der Waals surface area contributed by atoms with Crippen molar-refractivity contribution < 1.29 is 0 Å². The molecule has 126 valence electrons. The molecule has 0 bridgehead atoms. The summed E-state index contributed by atoms with van der Waals surface area (Å²) in [7, 11) is 0. The van der Waals surface area contributed by atoms with Crippen LogP contribution < -0.4 is 16.9 Å². The van der Waals surface area contributed by atoms with Crippen molar-refractivity contribution in [1.29, 1.82) is 0 Å². The fourth-order valence-corrected chi connectivity index (χ4v) is 4.16. The number of nitrogens with two attached hydrogens (primary N) is 1. The van der Waals surface area contributed by atoms with Gasteiger partial charge < -0.3 is 5.73 Å². The van der Waals surface area contributed by atoms with Crippen LogP contribution in [0.15, 0.2) is 52.2 Å². The van der Waals surface area contributed by atoms with Gasteiger partial charge in [-0.15, -0.1) is 0 Å². The van der Waals surface area contributed by atoms with Crippen molar-refractivity contribution in [1.82, 2.24) is 8.77 Å². The Morgan fingerprint density at radius 2 is 1.88 bits per heavy atom. The topological polar surface area (TPSA) is 80.4 Å². The average molecular weight is 351 g/mol. The lowest BCUT2D eigenvalue weighted by Gasteiger charge is -2.10. The summed E-state index contributed by atoms with van der Waals surface area (Å²) >= 11 is 1.24. The van der Waals surface area contributed by atoms with Crippen LogP contribution in [0.4, 0.5) is 0 Å². The molecule has 0 atom stereocenters. The first kappa shape index (κ1) is 15.8. The van der Waals surface area contributed by atoms with Crippen LogP contribution in [-0.2, 0) is 13.0 Å². The number of aromatic nitrogens is 2. The standard InChI is InChI=1S/C19H17N3O2S/c1-2-14-15-9-13(12-5-3-11(10-20)4-6-12)7-8-22(15)19(24)16-17(14)25-21-18(16)23/h3-9H,2,10,20H2,1H3,(H,21,23). The average Bonchev–Trinajstić information content (AvgIpc) is 3.04. The zero-order valence-corrected chi connectivity index (χ0v) is 14.5. The van der Waals surface area contributed by atoms with E-state index in [0.29, 0.717) is 6.54 Å². The Kier molecular flexibility index (Phi) is 3.78. The molecule has 0 aliphatic heterocycles. The highest BCUT2D eigenvalue weighted by atomic mass is 32.1. The molecule has 0 unspecified atom stereocenters. The minimum atomic E-state index is -0.310. The van der Waals surface area contributed by atoms with Gasteiger partial charge in [0.05, 0.1) is 10.2 Å². The van der Waals surface area contributed by atoms with Gasteiger partial charge in [-0.1, -0.05) is 42.7 Å². The first-order valence-corrected chi connectivity index (χ1v) is 8.93. The molecule has 3 N–H and O–H groups in total. The normalized spacial score (nSPS) is 11.4. The number of rotatable bonds is 3. The molecule has 0 spiro atoms. The predicted octanol–water partition coefficient (Wildman–Crippen LogP) is 2.89. The van der Waals surface area contributed by atoms with Crippen molar-refractivity contribution >= 4 is 27.1 Å². The lowest BCUT2D eigenvalue weighted by Crippen LogP contribution is -2.19. The molecule has 6 heteroatoms. The van der Waals surface area contributed by atoms with Crippen LogP contribution in [0.2, 0.25) is 0 Å². The Labute approximate surface area is 147 Å². The second kappa shape index (κ2) is 5.98. The Morgan fingerprint density at radius 1 is 1.12 bits per heavy atom. The molecular weight excluding hydrogens is 334 g/mol. The molecule has 3 aromatic heterocycles. The maximum Gasteiger partial charge on any atom is 0.271 e. The number of aryl methyl sites for hydroxylation is 1. The van der Waals surface area contributed by atoms with Crippen molar-refractivity contribution in [2.24, 2.45) is 5.73 Å². The van der Waals surface area contributed by atoms with Gasteiger partial charge in [0.1, 0.15) is 5.39 Å². The molecule has 4 aromatic rings. The summed E-state index contributed by atoms with van der Waals surface area (Å²) in [6.07, 6.45) is 2.49. The number of nitrogens with one attached hydrogen (secondary N) is 1. The molecule has 3 heterocycles. The second-order valence-corrected chi connectivity index (χ2v) is 6.76. The van der Waals surface area contributed by atoms with E-state index in [0.717, 1.165) is 38.9 Å². The van der Waals surface area contributed by atoms with Crippen LogP contribution in [0.25, 0.3) is 26.7 Å². The molecule has 25 heavy (non-hydrogen) atoms. The third-order valence-electron chi connectivity index (χ3n) is 4.55. The van der Waals surface area contributed by atoms with Crippen LogP contribution in [0, 0.1) is 0 Å². The van der Waals surface area contributed by atoms with Gasteiger partial charge in [0.15, 0.2) is 0 Å². The van der Waals surface area contributed by atoms with E-state index in [1.165, 1.54) is 11.5 Å². The van der Waals surface area contributed by atoms with Crippen molar-refractivity contribution in [3.8, 4) is 11.1 Å². The van der Waals surface area contributed by atoms with E-state index < -0.39 is 0 Å². The van der Waals surface area contributed by atoms with E-state index in [-0.39, 0.29) is 16.5 Å². The summed E-state index contributed by atoms with van der Waals surface area (Å²) in [5, 5.41) is 0.249. The van der Waals surface area contributed by atoms with Crippen LogP contribution in [0.3, 0.4) is 0 Å². The van der Waals surface area contributed by atoms with Crippen molar-refractivity contribution in [3.05, 3.63) is 74.4 Å². The molecule has 1 aromatic carbocycles. The highest BCUT2D eigenvalue weighted by molar-refractivity contribution is 7.13. The van der Waals surface area contributed by atoms with Gasteiger partial charge in [-0.3, -0.25) is 18.4 Å². The van der Waals surface area contributed by atoms with Crippen LogP contribution in [-0.4, -0.2) is 8.77 Å². The minimum absolute atomic E-state index is 0.249. The molecule has 0 aliphatic carbocycles. The monoisotopic (exact) mass is 351 g/mol. The summed E-state index contributed by atoms with van der Waals surface area (Å²) < 4.78 is 5.01. The number of H-pyrrole nitrogens is 1. The SMILES string of the molecule is CCc1c2s[nH]c(=O)c2c(=O)n2ccc(-c3ccc(CN)cc3)cc12. The third kappa shape index (κ3) is 2.42. The van der Waals surface area contributed by atoms with Crippen LogP contribution in [0.5, 0.6) is 0 Å². The molecule has 0 fully saturated rings. The Morgan fingerprint density at radius 3 is 2.56 bits per heavy atom. The number of aromatic amines is 1. The zero-order chi connectivity index (χ0) is 17.6. The molecule has 0 saturated carbocycles. The molecule has 0 amide bonds. The predicted molar refractivity (Wildman–Crippen MR) is 102 cm³/mol. The quantitative estimate of drug-likeness (QED) is 0.595. The maximum absolute atomic E-state index is 12.7. The first-order valence-electron chi connectivity index (χ1n) is 8.12. The summed E-state index contributed by atoms with van der Waals surface area (Å²) in [5.74, 6) is 0. The number of nitrogens with zero attached hydrogens (tertiary/aromatic N) is 1. The van der Waals surface area contributed by atoms with E-state index in [1.807, 2.05) is 43.3 Å². The van der Waals surface area contributed by atoms with Gasteiger partial charge in [-0.05, 0) is 40.8 Å². The van der Waals surface area contributed by atoms with Gasteiger partial charge in [-0.2, -0.15) is 0 Å². The molecule has 5 nitrogen and oxygen atoms in total. The summed E-state index contributed by atoms with van der Waals surface area (Å²) in [5.41, 5.74) is 10.1. The summed E-state index contributed by atoms with van der Waals surface area (Å²) in [6.45, 7) is 2.55. The number of pyridine rings is 2. The molecule has 4 rings (SSSR count). The van der Waals surface area contributed by atoms with E-state index >= 15 is 0 Å². The first-order chi connectivity index (χ1) is 12.1. The highest BCUT2D eigenvalue weighted by Gasteiger charge is 2.15. The van der Waals surface area contributed by atoms with Crippen molar-refractivity contribution in [2.45, 2.75) is 19.9 Å². The van der Waals surface area contributed by atoms with Crippen molar-refractivity contribution in [3.63, 3.8) is 0 Å². The number of fused-ring (bicyclic) bond motifs is 2. The molecule has 0 saturated heterocycles. The fraction of sp³-hybridized carbons (Fsp3) is 0.158. The van der Waals surface area contributed by atoms with E-state index in [2.05, 4.69) is 4.37 Å². The minimum Gasteiger partial charge on any atom is -0.326 e. The molecule has 0 radical (unpaired) electrons. The Hall–Kier alpha value is -2.70. The second-order valence-electron chi connectivity index (χ2n) is 5.95. The Bertz CT molecular complexity index is 1200. The van der Waals surface area contributed by atoms with E-state index in [1.54, 1.807) is 10.6 Å². The summed E-state index contributed by atoms with van der Waals surface area (Å²) in [6, 6.07) is 12.0. The van der Waals surface area contributed by atoms with E-state index in [4.69, 9.17) is 5.73 Å². The number of benzene rings is 1. The van der Waals surface area contributed by atoms with Gasteiger partial charge in [-0.25, -0.2) is 0 Å². The van der Waals surface area contributed by atoms with Crippen molar-refractivity contribution in [2.75, 3.05) is 0 Å².